The second-order valence-electron chi connectivity index (χ2n) is 5.28. The first-order valence-corrected chi connectivity index (χ1v) is 8.67. The highest BCUT2D eigenvalue weighted by molar-refractivity contribution is 5.78. The van der Waals surface area contributed by atoms with Crippen LogP contribution >= 0.6 is 0 Å². The fourth-order valence-electron chi connectivity index (χ4n) is 2.79. The summed E-state index contributed by atoms with van der Waals surface area (Å²) in [6.45, 7) is 15.9. The van der Waals surface area contributed by atoms with Gasteiger partial charge in [0, 0.05) is 23.2 Å². The van der Waals surface area contributed by atoms with Crippen LogP contribution in [0.25, 0.3) is 5.65 Å². The molecular weight excluding hydrogens is 309 g/mol. The highest BCUT2D eigenvalue weighted by Crippen LogP contribution is 2.45. The number of fused-ring (bicyclic) bond motifs is 3. The maximum atomic E-state index is 13.2. The van der Waals surface area contributed by atoms with Crippen molar-refractivity contribution < 1.29 is 14.3 Å². The molecule has 136 valence electrons. The second kappa shape index (κ2) is 9.35. The topological polar surface area (TPSA) is 67.5 Å². The number of carbonyl (C=O) groups is 1. The van der Waals surface area contributed by atoms with Gasteiger partial charge in [-0.1, -0.05) is 55.4 Å². The Bertz CT molecular complexity index is 666. The number of aromatic nitrogens is 3. The summed E-state index contributed by atoms with van der Waals surface area (Å²) < 4.78 is 14.6. The minimum absolute atomic E-state index is 0.363. The van der Waals surface area contributed by atoms with Crippen LogP contribution < -0.4 is 0 Å². The predicted octanol–water partition coefficient (Wildman–Crippen LogP) is 4.80. The number of hydrogen-bond donors (Lipinski definition) is 1. The van der Waals surface area contributed by atoms with Crippen LogP contribution in [-0.4, -0.2) is 25.7 Å². The molecule has 0 bridgehead atoms. The van der Waals surface area contributed by atoms with E-state index in [-0.39, 0.29) is 5.41 Å². The molecule has 2 heterocycles. The molecule has 0 aliphatic heterocycles. The van der Waals surface area contributed by atoms with Crippen molar-refractivity contribution in [1.82, 2.24) is 14.6 Å². The third kappa shape index (κ3) is 4.10. The van der Waals surface area contributed by atoms with Gasteiger partial charge in [-0.2, -0.15) is 4.39 Å². The highest BCUT2D eigenvalue weighted by Gasteiger charge is 2.43. The summed E-state index contributed by atoms with van der Waals surface area (Å²) in [4.78, 5) is 15.3. The van der Waals surface area contributed by atoms with Gasteiger partial charge in [0.25, 0.3) is 0 Å². The van der Waals surface area contributed by atoms with E-state index in [1.807, 2.05) is 55.4 Å². The molecule has 0 fully saturated rings. The first-order valence-electron chi connectivity index (χ1n) is 8.67. The molecule has 0 radical (unpaired) electrons. The molecule has 0 amide bonds. The first kappa shape index (κ1) is 22.0. The number of halogens is 1. The molecule has 6 heteroatoms. The van der Waals surface area contributed by atoms with Gasteiger partial charge in [-0.3, -0.25) is 4.79 Å². The predicted molar refractivity (Wildman–Crippen MR) is 95.0 cm³/mol. The molecule has 0 aromatic carbocycles. The third-order valence-electron chi connectivity index (χ3n) is 3.51. The van der Waals surface area contributed by atoms with E-state index in [2.05, 4.69) is 10.1 Å². The Hall–Kier alpha value is -1.98. The number of hydrogen-bond acceptors (Lipinski definition) is 3. The highest BCUT2D eigenvalue weighted by atomic mass is 19.1. The SMILES string of the molecule is CC.CC.CC.CC1(C)CC(C(=O)O)c2cnc3cc(F)nn3c21. The van der Waals surface area contributed by atoms with Crippen LogP contribution in [0.4, 0.5) is 4.39 Å². The molecule has 2 aromatic rings. The molecule has 2 aromatic heterocycles. The van der Waals surface area contributed by atoms with Crippen LogP contribution in [0.15, 0.2) is 12.3 Å². The zero-order valence-corrected chi connectivity index (χ0v) is 16.0. The van der Waals surface area contributed by atoms with Crippen molar-refractivity contribution in [1.29, 1.82) is 0 Å². The van der Waals surface area contributed by atoms with E-state index in [0.717, 1.165) is 5.69 Å². The minimum atomic E-state index is -0.879. The summed E-state index contributed by atoms with van der Waals surface area (Å²) in [5.41, 5.74) is 1.41. The van der Waals surface area contributed by atoms with Gasteiger partial charge in [0.2, 0.25) is 5.95 Å². The Labute approximate surface area is 143 Å². The Morgan fingerprint density at radius 2 is 1.79 bits per heavy atom. The minimum Gasteiger partial charge on any atom is -0.481 e. The van der Waals surface area contributed by atoms with Crippen LogP contribution in [0, 0.1) is 5.95 Å². The van der Waals surface area contributed by atoms with Gasteiger partial charge in [-0.05, 0) is 6.42 Å². The lowest BCUT2D eigenvalue weighted by atomic mass is 9.89. The molecule has 1 unspecified atom stereocenters. The van der Waals surface area contributed by atoms with Gasteiger partial charge in [0.05, 0.1) is 11.6 Å². The van der Waals surface area contributed by atoms with Crippen LogP contribution in [0.2, 0.25) is 0 Å². The van der Waals surface area contributed by atoms with Crippen molar-refractivity contribution in [3.05, 3.63) is 29.5 Å². The van der Waals surface area contributed by atoms with E-state index in [0.29, 0.717) is 17.6 Å². The first-order chi connectivity index (χ1) is 11.4. The Kier molecular flexibility index (Phi) is 8.58. The fourth-order valence-corrected chi connectivity index (χ4v) is 2.79. The Morgan fingerprint density at radius 3 is 2.29 bits per heavy atom. The van der Waals surface area contributed by atoms with Crippen molar-refractivity contribution in [2.24, 2.45) is 0 Å². The number of carboxylic acid groups (broad SMARTS) is 1. The van der Waals surface area contributed by atoms with Crippen LogP contribution in [0.1, 0.15) is 79.0 Å². The monoisotopic (exact) mass is 339 g/mol. The lowest BCUT2D eigenvalue weighted by molar-refractivity contribution is -0.139. The molecule has 3 rings (SSSR count). The molecule has 1 aliphatic rings. The summed E-state index contributed by atoms with van der Waals surface area (Å²) in [6, 6.07) is 1.24. The lowest BCUT2D eigenvalue weighted by Gasteiger charge is -2.19. The fraction of sp³-hybridized carbons (Fsp3) is 0.611. The third-order valence-corrected chi connectivity index (χ3v) is 3.51. The van der Waals surface area contributed by atoms with Crippen molar-refractivity contribution in [2.45, 2.75) is 73.1 Å². The Balaban J connectivity index is 0.000000798. The van der Waals surface area contributed by atoms with E-state index in [1.165, 1.54) is 16.8 Å². The molecule has 0 saturated carbocycles. The summed E-state index contributed by atoms with van der Waals surface area (Å²) in [6.07, 6.45) is 2.00. The van der Waals surface area contributed by atoms with Gasteiger partial charge >= 0.3 is 5.97 Å². The average Bonchev–Trinajstić information content (AvgIpc) is 3.09. The van der Waals surface area contributed by atoms with Crippen molar-refractivity contribution >= 4 is 11.6 Å². The van der Waals surface area contributed by atoms with Crippen LogP contribution in [0.3, 0.4) is 0 Å². The van der Waals surface area contributed by atoms with Gasteiger partial charge < -0.3 is 5.11 Å². The van der Waals surface area contributed by atoms with Crippen molar-refractivity contribution in [3.63, 3.8) is 0 Å². The summed E-state index contributed by atoms with van der Waals surface area (Å²) in [5.74, 6) is -2.08. The maximum absolute atomic E-state index is 13.2. The average molecular weight is 339 g/mol. The number of rotatable bonds is 1. The molecule has 0 spiro atoms. The van der Waals surface area contributed by atoms with E-state index >= 15 is 0 Å². The van der Waals surface area contributed by atoms with Gasteiger partial charge in [-0.15, -0.1) is 5.10 Å². The molecule has 1 atom stereocenters. The van der Waals surface area contributed by atoms with Crippen LogP contribution in [0.5, 0.6) is 0 Å². The van der Waals surface area contributed by atoms with E-state index < -0.39 is 17.8 Å². The Morgan fingerprint density at radius 1 is 1.25 bits per heavy atom. The molecule has 1 N–H and O–H groups in total. The second-order valence-corrected chi connectivity index (χ2v) is 5.28. The quantitative estimate of drug-likeness (QED) is 0.810. The standard InChI is InChI=1S/C12H12FN3O2.3C2H6/c1-12(2)4-6(11(17)18)7-5-14-9-3-8(13)15-16(9)10(7)12;3*1-2/h3,5-6H,4H2,1-2H3,(H,17,18);3*1-2H3. The van der Waals surface area contributed by atoms with Crippen LogP contribution in [-0.2, 0) is 10.2 Å². The van der Waals surface area contributed by atoms with E-state index in [4.69, 9.17) is 0 Å². The van der Waals surface area contributed by atoms with E-state index in [1.54, 1.807) is 0 Å². The van der Waals surface area contributed by atoms with Gasteiger partial charge in [0.15, 0.2) is 5.65 Å². The number of carboxylic acids is 1. The van der Waals surface area contributed by atoms with Gasteiger partial charge in [-0.25, -0.2) is 9.50 Å². The smallest absolute Gasteiger partial charge is 0.311 e. The lowest BCUT2D eigenvalue weighted by Crippen LogP contribution is -2.18. The van der Waals surface area contributed by atoms with Crippen molar-refractivity contribution in [2.75, 3.05) is 0 Å². The largest absolute Gasteiger partial charge is 0.481 e. The van der Waals surface area contributed by atoms with Crippen molar-refractivity contribution in [3.8, 4) is 0 Å². The molecule has 24 heavy (non-hydrogen) atoms. The zero-order valence-electron chi connectivity index (χ0n) is 16.0. The molecule has 1 aliphatic carbocycles. The molecule has 5 nitrogen and oxygen atoms in total. The normalized spacial score (nSPS) is 16.6. The van der Waals surface area contributed by atoms with E-state index in [9.17, 15) is 14.3 Å². The maximum Gasteiger partial charge on any atom is 0.311 e. The summed E-state index contributed by atoms with van der Waals surface area (Å²) in [5, 5.41) is 13.0. The number of nitrogens with zero attached hydrogens (tertiary/aromatic N) is 3. The summed E-state index contributed by atoms with van der Waals surface area (Å²) in [7, 11) is 0. The summed E-state index contributed by atoms with van der Waals surface area (Å²) >= 11 is 0. The molecule has 0 saturated heterocycles. The molecular formula is C18H30FN3O2. The zero-order chi connectivity index (χ0) is 19.1. The number of aliphatic carboxylic acids is 1. The van der Waals surface area contributed by atoms with Gasteiger partial charge in [0.1, 0.15) is 0 Å².